The third-order valence-corrected chi connectivity index (χ3v) is 6.70. The summed E-state index contributed by atoms with van der Waals surface area (Å²) < 4.78 is 41.5. The van der Waals surface area contributed by atoms with Gasteiger partial charge in [0.1, 0.15) is 10.7 Å². The van der Waals surface area contributed by atoms with Crippen molar-refractivity contribution >= 4 is 10.0 Å². The number of hydrogen-bond acceptors (Lipinski definition) is 3. The van der Waals surface area contributed by atoms with E-state index in [0.29, 0.717) is 0 Å². The van der Waals surface area contributed by atoms with Gasteiger partial charge in [0, 0.05) is 12.1 Å². The van der Waals surface area contributed by atoms with Gasteiger partial charge in [0.15, 0.2) is 0 Å². The second-order valence-corrected chi connectivity index (χ2v) is 7.97. The lowest BCUT2D eigenvalue weighted by molar-refractivity contribution is 0.161. The minimum atomic E-state index is -3.75. The minimum Gasteiger partial charge on any atom is -0.303 e. The van der Waals surface area contributed by atoms with Crippen molar-refractivity contribution in [3.8, 4) is 0 Å². The molecule has 0 bridgehead atoms. The molecule has 122 valence electrons. The standard InChI is InChI=1S/C16H23FN2O2S/c1-2-18-11-9-14(10-12-18)19(13-7-8-13)22(20,21)16-6-4-3-5-15(16)17/h3-6,13-14H,2,7-12H2,1H3. The normalized spacial score (nSPS) is 21.4. The summed E-state index contributed by atoms with van der Waals surface area (Å²) in [6.45, 7) is 4.94. The quantitative estimate of drug-likeness (QED) is 0.834. The predicted octanol–water partition coefficient (Wildman–Crippen LogP) is 2.46. The molecule has 0 spiro atoms. The summed E-state index contributed by atoms with van der Waals surface area (Å²) in [5.41, 5.74) is 0. The maximum absolute atomic E-state index is 14.0. The molecule has 1 saturated carbocycles. The summed E-state index contributed by atoms with van der Waals surface area (Å²) in [4.78, 5) is 2.15. The van der Waals surface area contributed by atoms with Crippen molar-refractivity contribution in [2.24, 2.45) is 0 Å². The van der Waals surface area contributed by atoms with Crippen LogP contribution >= 0.6 is 0 Å². The molecule has 1 aromatic carbocycles. The first kappa shape index (κ1) is 15.9. The topological polar surface area (TPSA) is 40.6 Å². The van der Waals surface area contributed by atoms with Crippen LogP contribution in [0.1, 0.15) is 32.6 Å². The highest BCUT2D eigenvalue weighted by atomic mass is 32.2. The molecule has 22 heavy (non-hydrogen) atoms. The third kappa shape index (κ3) is 3.05. The van der Waals surface area contributed by atoms with E-state index in [1.807, 2.05) is 0 Å². The number of benzene rings is 1. The number of nitrogens with zero attached hydrogens (tertiary/aromatic N) is 2. The Morgan fingerprint density at radius 3 is 2.27 bits per heavy atom. The maximum Gasteiger partial charge on any atom is 0.246 e. The Labute approximate surface area is 132 Å². The van der Waals surface area contributed by atoms with Gasteiger partial charge in [0.25, 0.3) is 0 Å². The predicted molar refractivity (Wildman–Crippen MR) is 83.6 cm³/mol. The molecule has 3 rings (SSSR count). The van der Waals surface area contributed by atoms with Gasteiger partial charge in [-0.1, -0.05) is 19.1 Å². The molecule has 1 aliphatic carbocycles. The molecule has 2 aliphatic rings. The fourth-order valence-electron chi connectivity index (χ4n) is 3.28. The zero-order valence-corrected chi connectivity index (χ0v) is 13.7. The summed E-state index contributed by atoms with van der Waals surface area (Å²) in [7, 11) is -3.75. The van der Waals surface area contributed by atoms with Gasteiger partial charge >= 0.3 is 0 Å². The van der Waals surface area contributed by atoms with Crippen molar-refractivity contribution < 1.29 is 12.8 Å². The lowest BCUT2D eigenvalue weighted by Gasteiger charge is -2.37. The van der Waals surface area contributed by atoms with Gasteiger partial charge in [-0.05, 0) is 57.5 Å². The molecule has 0 aromatic heterocycles. The van der Waals surface area contributed by atoms with Crippen LogP contribution in [0, 0.1) is 5.82 Å². The Morgan fingerprint density at radius 2 is 1.73 bits per heavy atom. The molecule has 6 heteroatoms. The van der Waals surface area contributed by atoms with Gasteiger partial charge in [0.2, 0.25) is 10.0 Å². The van der Waals surface area contributed by atoms with E-state index in [-0.39, 0.29) is 17.0 Å². The van der Waals surface area contributed by atoms with Crippen molar-refractivity contribution in [3.05, 3.63) is 30.1 Å². The molecule has 0 N–H and O–H groups in total. The molecule has 0 unspecified atom stereocenters. The van der Waals surface area contributed by atoms with Crippen LogP contribution in [-0.4, -0.2) is 49.3 Å². The molecular formula is C16H23FN2O2S. The molecule has 1 heterocycles. The Balaban J connectivity index is 1.87. The number of rotatable bonds is 5. The molecule has 1 aromatic rings. The molecule has 1 aliphatic heterocycles. The van der Waals surface area contributed by atoms with Crippen LogP contribution in [0.4, 0.5) is 4.39 Å². The van der Waals surface area contributed by atoms with Crippen molar-refractivity contribution in [1.82, 2.24) is 9.21 Å². The van der Waals surface area contributed by atoms with Crippen LogP contribution in [0.15, 0.2) is 29.2 Å². The van der Waals surface area contributed by atoms with Crippen molar-refractivity contribution in [2.75, 3.05) is 19.6 Å². The van der Waals surface area contributed by atoms with Gasteiger partial charge in [-0.2, -0.15) is 4.31 Å². The van der Waals surface area contributed by atoms with Crippen LogP contribution in [0.25, 0.3) is 0 Å². The van der Waals surface area contributed by atoms with E-state index in [2.05, 4.69) is 11.8 Å². The average molecular weight is 326 g/mol. The highest BCUT2D eigenvalue weighted by Gasteiger charge is 2.44. The lowest BCUT2D eigenvalue weighted by atomic mass is 10.1. The van der Waals surface area contributed by atoms with Crippen LogP contribution in [0.3, 0.4) is 0 Å². The van der Waals surface area contributed by atoms with E-state index >= 15 is 0 Å². The summed E-state index contributed by atoms with van der Waals surface area (Å²) in [5.74, 6) is -0.654. The van der Waals surface area contributed by atoms with Gasteiger partial charge < -0.3 is 4.90 Å². The van der Waals surface area contributed by atoms with E-state index in [0.717, 1.165) is 45.3 Å². The molecule has 0 radical (unpaired) electrons. The van der Waals surface area contributed by atoms with Gasteiger partial charge in [-0.3, -0.25) is 0 Å². The monoisotopic (exact) mass is 326 g/mol. The smallest absolute Gasteiger partial charge is 0.246 e. The molecule has 0 amide bonds. The van der Waals surface area contributed by atoms with Crippen LogP contribution in [0.5, 0.6) is 0 Å². The fourth-order valence-corrected chi connectivity index (χ4v) is 5.28. The van der Waals surface area contributed by atoms with Crippen LogP contribution in [0.2, 0.25) is 0 Å². The van der Waals surface area contributed by atoms with Gasteiger partial charge in [-0.25, -0.2) is 12.8 Å². The van der Waals surface area contributed by atoms with E-state index < -0.39 is 15.8 Å². The summed E-state index contributed by atoms with van der Waals surface area (Å²) in [5, 5.41) is 0. The summed E-state index contributed by atoms with van der Waals surface area (Å²) >= 11 is 0. The Kier molecular flexibility index (Phi) is 4.52. The molecule has 2 fully saturated rings. The second kappa shape index (κ2) is 6.26. The summed E-state index contributed by atoms with van der Waals surface area (Å²) in [6.07, 6.45) is 3.44. The van der Waals surface area contributed by atoms with E-state index in [1.54, 1.807) is 10.4 Å². The summed E-state index contributed by atoms with van der Waals surface area (Å²) in [6, 6.07) is 5.76. The van der Waals surface area contributed by atoms with Crippen LogP contribution < -0.4 is 0 Å². The Hall–Kier alpha value is -0.980. The number of halogens is 1. The highest BCUT2D eigenvalue weighted by Crippen LogP contribution is 2.37. The van der Waals surface area contributed by atoms with E-state index in [4.69, 9.17) is 0 Å². The van der Waals surface area contributed by atoms with Crippen molar-refractivity contribution in [1.29, 1.82) is 0 Å². The largest absolute Gasteiger partial charge is 0.303 e. The van der Waals surface area contributed by atoms with Crippen molar-refractivity contribution in [3.63, 3.8) is 0 Å². The first-order valence-electron chi connectivity index (χ1n) is 8.04. The molecule has 0 atom stereocenters. The number of hydrogen-bond donors (Lipinski definition) is 0. The Morgan fingerprint density at radius 1 is 1.14 bits per heavy atom. The SMILES string of the molecule is CCN1CCC(N(C2CC2)S(=O)(=O)c2ccccc2F)CC1. The van der Waals surface area contributed by atoms with Crippen LogP contribution in [-0.2, 0) is 10.0 Å². The number of likely N-dealkylation sites (tertiary alicyclic amines) is 1. The van der Waals surface area contributed by atoms with Crippen molar-refractivity contribution in [2.45, 2.75) is 49.6 Å². The zero-order chi connectivity index (χ0) is 15.7. The molecular weight excluding hydrogens is 303 g/mol. The van der Waals surface area contributed by atoms with Gasteiger partial charge in [-0.15, -0.1) is 0 Å². The molecule has 1 saturated heterocycles. The number of piperidine rings is 1. The highest BCUT2D eigenvalue weighted by molar-refractivity contribution is 7.89. The minimum absolute atomic E-state index is 0.0000869. The fraction of sp³-hybridized carbons (Fsp3) is 0.625. The Bertz CT molecular complexity index is 623. The first-order valence-corrected chi connectivity index (χ1v) is 9.48. The lowest BCUT2D eigenvalue weighted by Crippen LogP contribution is -2.48. The molecule has 4 nitrogen and oxygen atoms in total. The maximum atomic E-state index is 14.0. The number of sulfonamides is 1. The third-order valence-electron chi connectivity index (χ3n) is 4.66. The van der Waals surface area contributed by atoms with E-state index in [9.17, 15) is 12.8 Å². The van der Waals surface area contributed by atoms with E-state index in [1.165, 1.54) is 18.2 Å². The zero-order valence-electron chi connectivity index (χ0n) is 12.9. The average Bonchev–Trinajstić information content (AvgIpc) is 3.33. The second-order valence-electron chi connectivity index (χ2n) is 6.16. The van der Waals surface area contributed by atoms with Gasteiger partial charge in [0.05, 0.1) is 0 Å². The first-order chi connectivity index (χ1) is 10.5.